The summed E-state index contributed by atoms with van der Waals surface area (Å²) in [6.07, 6.45) is 5.12. The van der Waals surface area contributed by atoms with E-state index in [9.17, 15) is 4.79 Å². The van der Waals surface area contributed by atoms with Gasteiger partial charge in [0.1, 0.15) is 0 Å². The molecule has 1 aliphatic rings. The lowest BCUT2D eigenvalue weighted by atomic mass is 10.1. The first-order chi connectivity index (χ1) is 15.5. The quantitative estimate of drug-likeness (QED) is 0.400. The maximum atomic E-state index is 12.6. The third-order valence-corrected chi connectivity index (χ3v) is 5.97. The SMILES string of the molecule is COc1cc(NC(=O)NC2CCCC2NCCCc2ccc(Cl)cc2)cc(OC)c1OC.Cl. The third kappa shape index (κ3) is 7.59. The molecule has 33 heavy (non-hydrogen) atoms. The number of methoxy groups -OCH3 is 3. The second-order valence-electron chi connectivity index (χ2n) is 7.84. The monoisotopic (exact) mass is 497 g/mol. The van der Waals surface area contributed by atoms with E-state index in [1.54, 1.807) is 33.5 Å². The predicted molar refractivity (Wildman–Crippen MR) is 135 cm³/mol. The highest BCUT2D eigenvalue weighted by molar-refractivity contribution is 6.30. The summed E-state index contributed by atoms with van der Waals surface area (Å²) >= 11 is 5.94. The van der Waals surface area contributed by atoms with Crippen LogP contribution in [0.4, 0.5) is 10.5 Å². The number of hydrogen-bond acceptors (Lipinski definition) is 5. The predicted octanol–water partition coefficient (Wildman–Crippen LogP) is 5.05. The van der Waals surface area contributed by atoms with Crippen LogP contribution in [0.1, 0.15) is 31.2 Å². The Kier molecular flexibility index (Phi) is 10.9. The van der Waals surface area contributed by atoms with Gasteiger partial charge in [-0.3, -0.25) is 0 Å². The van der Waals surface area contributed by atoms with Crippen LogP contribution in [0.25, 0.3) is 0 Å². The topological polar surface area (TPSA) is 80.9 Å². The molecule has 7 nitrogen and oxygen atoms in total. The highest BCUT2D eigenvalue weighted by Crippen LogP contribution is 2.39. The lowest BCUT2D eigenvalue weighted by Crippen LogP contribution is -2.48. The van der Waals surface area contributed by atoms with Crippen LogP contribution >= 0.6 is 24.0 Å². The third-order valence-electron chi connectivity index (χ3n) is 5.72. The number of nitrogens with one attached hydrogen (secondary N) is 3. The number of aryl methyl sites for hydroxylation is 1. The van der Waals surface area contributed by atoms with E-state index in [4.69, 9.17) is 25.8 Å². The van der Waals surface area contributed by atoms with Crippen molar-refractivity contribution in [2.24, 2.45) is 0 Å². The molecule has 182 valence electrons. The first kappa shape index (κ1) is 26.9. The zero-order valence-corrected chi connectivity index (χ0v) is 20.9. The number of benzene rings is 2. The minimum atomic E-state index is -0.251. The number of rotatable bonds is 10. The molecule has 0 radical (unpaired) electrons. The second kappa shape index (κ2) is 13.4. The lowest BCUT2D eigenvalue weighted by molar-refractivity contribution is 0.246. The van der Waals surface area contributed by atoms with Crippen LogP contribution in [0, 0.1) is 0 Å². The molecule has 2 aromatic rings. The van der Waals surface area contributed by atoms with E-state index in [1.807, 2.05) is 12.1 Å². The van der Waals surface area contributed by atoms with Gasteiger partial charge in [0, 0.05) is 29.2 Å². The number of anilines is 1. The number of amides is 2. The van der Waals surface area contributed by atoms with E-state index >= 15 is 0 Å². The van der Waals surface area contributed by atoms with Crippen LogP contribution in [-0.4, -0.2) is 46.0 Å². The summed E-state index contributed by atoms with van der Waals surface area (Å²) in [6, 6.07) is 11.5. The van der Waals surface area contributed by atoms with Gasteiger partial charge in [-0.15, -0.1) is 12.4 Å². The van der Waals surface area contributed by atoms with E-state index in [0.717, 1.165) is 43.7 Å². The number of ether oxygens (including phenoxy) is 3. The van der Waals surface area contributed by atoms with Crippen molar-refractivity contribution in [3.8, 4) is 17.2 Å². The molecule has 9 heteroatoms. The smallest absolute Gasteiger partial charge is 0.319 e. The fourth-order valence-corrected chi connectivity index (χ4v) is 4.22. The minimum absolute atomic E-state index is 0. The van der Waals surface area contributed by atoms with Crippen LogP contribution in [0.3, 0.4) is 0 Å². The molecule has 2 amide bonds. The molecule has 0 spiro atoms. The summed E-state index contributed by atoms with van der Waals surface area (Å²) in [6.45, 7) is 0.903. The Balaban J connectivity index is 0.00000385. The molecule has 1 saturated carbocycles. The molecule has 1 fully saturated rings. The normalized spacial score (nSPS) is 17.1. The Bertz CT molecular complexity index is 871. The molecule has 0 aromatic heterocycles. The van der Waals surface area contributed by atoms with Crippen molar-refractivity contribution in [2.45, 2.75) is 44.2 Å². The van der Waals surface area contributed by atoms with Crippen molar-refractivity contribution in [3.63, 3.8) is 0 Å². The molecule has 0 aliphatic heterocycles. The maximum Gasteiger partial charge on any atom is 0.319 e. The molecule has 2 unspecified atom stereocenters. The molecule has 0 bridgehead atoms. The number of carbonyl (C=O) groups excluding carboxylic acids is 1. The Morgan fingerprint density at radius 3 is 2.24 bits per heavy atom. The molecule has 2 atom stereocenters. The number of urea groups is 1. The van der Waals surface area contributed by atoms with Gasteiger partial charge in [-0.05, 0) is 56.3 Å². The van der Waals surface area contributed by atoms with Crippen LogP contribution < -0.4 is 30.2 Å². The first-order valence-corrected chi connectivity index (χ1v) is 11.3. The van der Waals surface area contributed by atoms with Gasteiger partial charge in [0.15, 0.2) is 11.5 Å². The summed E-state index contributed by atoms with van der Waals surface area (Å²) in [4.78, 5) is 12.6. The summed E-state index contributed by atoms with van der Waals surface area (Å²) < 4.78 is 16.0. The average molecular weight is 498 g/mol. The van der Waals surface area contributed by atoms with Gasteiger partial charge in [-0.2, -0.15) is 0 Å². The molecule has 3 N–H and O–H groups in total. The maximum absolute atomic E-state index is 12.6. The number of halogens is 2. The second-order valence-corrected chi connectivity index (χ2v) is 8.28. The van der Waals surface area contributed by atoms with E-state index in [2.05, 4.69) is 28.1 Å². The van der Waals surface area contributed by atoms with Crippen molar-refractivity contribution in [2.75, 3.05) is 33.2 Å². The first-order valence-electron chi connectivity index (χ1n) is 10.9. The van der Waals surface area contributed by atoms with Crippen molar-refractivity contribution in [1.82, 2.24) is 10.6 Å². The van der Waals surface area contributed by atoms with E-state index in [1.165, 1.54) is 5.56 Å². The average Bonchev–Trinajstić information content (AvgIpc) is 3.23. The standard InChI is InChI=1S/C24H32ClN3O4.ClH/c1-30-21-14-18(15-22(31-2)23(21)32-3)27-24(29)28-20-8-4-7-19(20)26-13-5-6-16-9-11-17(25)12-10-16;/h9-12,14-15,19-20,26H,4-8,13H2,1-3H3,(H2,27,28,29);1H. The molecule has 0 heterocycles. The van der Waals surface area contributed by atoms with E-state index in [0.29, 0.717) is 22.9 Å². The largest absolute Gasteiger partial charge is 0.493 e. The molecule has 2 aromatic carbocycles. The van der Waals surface area contributed by atoms with Crippen LogP contribution in [0.5, 0.6) is 17.2 Å². The van der Waals surface area contributed by atoms with Crippen molar-refractivity contribution >= 4 is 35.7 Å². The van der Waals surface area contributed by atoms with Crippen LogP contribution in [0.2, 0.25) is 5.02 Å². The summed E-state index contributed by atoms with van der Waals surface area (Å²) in [5.41, 5.74) is 1.85. The highest BCUT2D eigenvalue weighted by Gasteiger charge is 2.28. The minimum Gasteiger partial charge on any atom is -0.493 e. The number of carbonyl (C=O) groups is 1. The zero-order chi connectivity index (χ0) is 22.9. The van der Waals surface area contributed by atoms with Gasteiger partial charge in [0.25, 0.3) is 0 Å². The molecule has 3 rings (SSSR count). The van der Waals surface area contributed by atoms with Crippen molar-refractivity contribution in [1.29, 1.82) is 0 Å². The molecular weight excluding hydrogens is 465 g/mol. The van der Waals surface area contributed by atoms with Gasteiger partial charge >= 0.3 is 6.03 Å². The van der Waals surface area contributed by atoms with Crippen molar-refractivity contribution < 1.29 is 19.0 Å². The summed E-state index contributed by atoms with van der Waals surface area (Å²) in [7, 11) is 4.63. The Hall–Kier alpha value is -2.35. The van der Waals surface area contributed by atoms with Gasteiger partial charge in [0.2, 0.25) is 5.75 Å². The fourth-order valence-electron chi connectivity index (χ4n) is 4.10. The summed E-state index contributed by atoms with van der Waals surface area (Å²) in [5.74, 6) is 1.46. The highest BCUT2D eigenvalue weighted by atomic mass is 35.5. The van der Waals surface area contributed by atoms with Crippen LogP contribution in [-0.2, 0) is 6.42 Å². The van der Waals surface area contributed by atoms with Gasteiger partial charge in [0.05, 0.1) is 27.0 Å². The lowest BCUT2D eigenvalue weighted by Gasteiger charge is -2.23. The number of hydrogen-bond donors (Lipinski definition) is 3. The molecule has 1 aliphatic carbocycles. The van der Waals surface area contributed by atoms with E-state index < -0.39 is 0 Å². The Labute approximate surface area is 206 Å². The van der Waals surface area contributed by atoms with E-state index in [-0.39, 0.29) is 30.5 Å². The Morgan fingerprint density at radius 2 is 1.64 bits per heavy atom. The van der Waals surface area contributed by atoms with Gasteiger partial charge < -0.3 is 30.2 Å². The zero-order valence-electron chi connectivity index (χ0n) is 19.3. The van der Waals surface area contributed by atoms with Gasteiger partial charge in [-0.1, -0.05) is 23.7 Å². The summed E-state index contributed by atoms with van der Waals surface area (Å²) in [5, 5.41) is 10.4. The Morgan fingerprint density at radius 1 is 1.00 bits per heavy atom. The van der Waals surface area contributed by atoms with Crippen LogP contribution in [0.15, 0.2) is 36.4 Å². The van der Waals surface area contributed by atoms with Crippen molar-refractivity contribution in [3.05, 3.63) is 47.0 Å². The molecule has 0 saturated heterocycles. The molecular formula is C24H33Cl2N3O4. The fraction of sp³-hybridized carbons (Fsp3) is 0.458. The van der Waals surface area contributed by atoms with Gasteiger partial charge in [-0.25, -0.2) is 4.79 Å².